The van der Waals surface area contributed by atoms with E-state index in [1.54, 1.807) is 23.1 Å². The van der Waals surface area contributed by atoms with E-state index in [-0.39, 0.29) is 35.2 Å². The van der Waals surface area contributed by atoms with Crippen molar-refractivity contribution in [3.8, 4) is 0 Å². The molecule has 1 unspecified atom stereocenters. The van der Waals surface area contributed by atoms with Crippen molar-refractivity contribution in [2.45, 2.75) is 25.9 Å². The van der Waals surface area contributed by atoms with Gasteiger partial charge in [0.05, 0.1) is 29.2 Å². The van der Waals surface area contributed by atoms with Gasteiger partial charge in [-0.1, -0.05) is 12.1 Å². The van der Waals surface area contributed by atoms with Crippen LogP contribution < -0.4 is 10.2 Å². The number of nitrogens with zero attached hydrogens (tertiary/aromatic N) is 2. The summed E-state index contributed by atoms with van der Waals surface area (Å²) in [5.74, 6) is -2.18. The fourth-order valence-electron chi connectivity index (χ4n) is 3.92. The normalized spacial score (nSPS) is 27.4. The van der Waals surface area contributed by atoms with Gasteiger partial charge in [-0.25, -0.2) is 12.8 Å². The second-order valence-corrected chi connectivity index (χ2v) is 9.42. The molecule has 0 bridgehead atoms. The van der Waals surface area contributed by atoms with Gasteiger partial charge < -0.3 is 15.1 Å². The molecule has 0 aliphatic carbocycles. The van der Waals surface area contributed by atoms with E-state index in [0.717, 1.165) is 0 Å². The molecule has 3 rings (SSSR count). The molecule has 0 radical (unpaired) electrons. The molecule has 2 amide bonds. The maximum atomic E-state index is 14.0. The third-order valence-corrected chi connectivity index (χ3v) is 6.90. The monoisotopic (exact) mass is 397 g/mol. The van der Waals surface area contributed by atoms with Crippen LogP contribution in [0.25, 0.3) is 0 Å². The minimum Gasteiger partial charge on any atom is -0.365 e. The van der Waals surface area contributed by atoms with E-state index in [9.17, 15) is 22.4 Å². The number of para-hydroxylation sites is 1. The third kappa shape index (κ3) is 4.23. The average molecular weight is 397 g/mol. The van der Waals surface area contributed by atoms with Crippen molar-refractivity contribution in [1.29, 1.82) is 0 Å². The molecule has 2 heterocycles. The number of carbonyl (C=O) groups is 2. The van der Waals surface area contributed by atoms with Gasteiger partial charge in [-0.3, -0.25) is 9.59 Å². The minimum atomic E-state index is -3.37. The van der Waals surface area contributed by atoms with Crippen LogP contribution in [-0.4, -0.2) is 68.4 Å². The number of amides is 2. The van der Waals surface area contributed by atoms with E-state index < -0.39 is 21.8 Å². The highest BCUT2D eigenvalue weighted by Gasteiger charge is 2.45. The number of halogens is 1. The Kier molecular flexibility index (Phi) is 5.41. The molecule has 1 N–H and O–H groups in total. The van der Waals surface area contributed by atoms with Gasteiger partial charge in [0.25, 0.3) is 0 Å². The first-order chi connectivity index (χ1) is 12.7. The van der Waals surface area contributed by atoms with Gasteiger partial charge in [-0.05, 0) is 19.1 Å². The Bertz CT molecular complexity index is 845. The molecule has 0 spiro atoms. The van der Waals surface area contributed by atoms with Crippen LogP contribution in [0, 0.1) is 11.7 Å². The molecule has 148 valence electrons. The van der Waals surface area contributed by atoms with Gasteiger partial charge in [0.15, 0.2) is 9.84 Å². The summed E-state index contributed by atoms with van der Waals surface area (Å²) in [6.45, 7) is 4.46. The molecule has 3 atom stereocenters. The van der Waals surface area contributed by atoms with Gasteiger partial charge in [0.2, 0.25) is 11.8 Å². The molecule has 2 fully saturated rings. The number of rotatable bonds is 3. The summed E-state index contributed by atoms with van der Waals surface area (Å²) in [4.78, 5) is 27.9. The lowest BCUT2D eigenvalue weighted by Crippen LogP contribution is -2.57. The minimum absolute atomic E-state index is 0.202. The molecule has 1 aromatic rings. The van der Waals surface area contributed by atoms with Crippen LogP contribution >= 0.6 is 0 Å². The summed E-state index contributed by atoms with van der Waals surface area (Å²) in [6.07, 6.45) is 0. The Labute approximate surface area is 158 Å². The molecule has 2 saturated heterocycles. The number of piperazine rings is 1. The van der Waals surface area contributed by atoms with Crippen molar-refractivity contribution < 1.29 is 22.4 Å². The molecule has 2 aliphatic rings. The number of benzene rings is 1. The fraction of sp³-hybridized carbons (Fsp3) is 0.556. The molecule has 1 aromatic carbocycles. The molecule has 0 saturated carbocycles. The van der Waals surface area contributed by atoms with E-state index in [1.165, 1.54) is 13.0 Å². The van der Waals surface area contributed by atoms with Crippen LogP contribution in [-0.2, 0) is 19.4 Å². The summed E-state index contributed by atoms with van der Waals surface area (Å²) in [5, 5.41) is 2.60. The Hall–Kier alpha value is -2.16. The highest BCUT2D eigenvalue weighted by atomic mass is 32.2. The summed E-state index contributed by atoms with van der Waals surface area (Å²) in [6, 6.07) is 5.60. The van der Waals surface area contributed by atoms with Crippen molar-refractivity contribution in [3.63, 3.8) is 0 Å². The number of anilines is 1. The van der Waals surface area contributed by atoms with E-state index in [1.807, 2.05) is 11.8 Å². The SMILES string of the molecule is CC(=O)N[C@@H]1CS(=O)(=O)C[C@H]1C(=O)N1CCN(c2ccccc2F)CC1C. The van der Waals surface area contributed by atoms with Gasteiger partial charge >= 0.3 is 0 Å². The quantitative estimate of drug-likeness (QED) is 0.799. The number of hydrogen-bond acceptors (Lipinski definition) is 5. The number of nitrogens with one attached hydrogen (secondary N) is 1. The number of carbonyl (C=O) groups excluding carboxylic acids is 2. The molecule has 27 heavy (non-hydrogen) atoms. The predicted molar refractivity (Wildman–Crippen MR) is 99.5 cm³/mol. The van der Waals surface area contributed by atoms with Crippen LogP contribution in [0.5, 0.6) is 0 Å². The van der Waals surface area contributed by atoms with Gasteiger partial charge in [0.1, 0.15) is 5.82 Å². The lowest BCUT2D eigenvalue weighted by Gasteiger charge is -2.42. The van der Waals surface area contributed by atoms with Crippen LogP contribution in [0.1, 0.15) is 13.8 Å². The topological polar surface area (TPSA) is 86.8 Å². The predicted octanol–water partition coefficient (Wildman–Crippen LogP) is 0.412. The van der Waals surface area contributed by atoms with Crippen molar-refractivity contribution >= 4 is 27.3 Å². The maximum absolute atomic E-state index is 14.0. The summed E-state index contributed by atoms with van der Waals surface area (Å²) in [7, 11) is -3.37. The second kappa shape index (κ2) is 7.46. The Balaban J connectivity index is 1.72. The standard InChI is InChI=1S/C18H24FN3O4S/c1-12-9-21(17-6-4-3-5-15(17)19)7-8-22(12)18(24)14-10-27(25,26)11-16(14)20-13(2)23/h3-6,12,14,16H,7-11H2,1-2H3,(H,20,23)/t12?,14-,16-/m1/s1. The van der Waals surface area contributed by atoms with Crippen molar-refractivity contribution in [1.82, 2.24) is 10.2 Å². The first kappa shape index (κ1) is 19.6. The molecule has 2 aliphatic heterocycles. The lowest BCUT2D eigenvalue weighted by atomic mass is 10.00. The van der Waals surface area contributed by atoms with E-state index in [4.69, 9.17) is 0 Å². The Morgan fingerprint density at radius 2 is 1.89 bits per heavy atom. The third-order valence-electron chi connectivity index (χ3n) is 5.16. The first-order valence-electron chi connectivity index (χ1n) is 8.95. The number of sulfone groups is 1. The number of hydrogen-bond donors (Lipinski definition) is 1. The zero-order valence-electron chi connectivity index (χ0n) is 15.4. The van der Waals surface area contributed by atoms with Crippen molar-refractivity contribution in [2.24, 2.45) is 5.92 Å². The summed E-state index contributed by atoms with van der Waals surface area (Å²) >= 11 is 0. The lowest BCUT2D eigenvalue weighted by molar-refractivity contribution is -0.138. The molecule has 0 aromatic heterocycles. The first-order valence-corrected chi connectivity index (χ1v) is 10.8. The van der Waals surface area contributed by atoms with E-state index >= 15 is 0 Å². The van der Waals surface area contributed by atoms with E-state index in [2.05, 4.69) is 5.32 Å². The highest BCUT2D eigenvalue weighted by molar-refractivity contribution is 7.91. The molecule has 7 nitrogen and oxygen atoms in total. The van der Waals surface area contributed by atoms with Crippen molar-refractivity contribution in [3.05, 3.63) is 30.1 Å². The van der Waals surface area contributed by atoms with Crippen LogP contribution in [0.4, 0.5) is 10.1 Å². The Morgan fingerprint density at radius 1 is 1.19 bits per heavy atom. The van der Waals surface area contributed by atoms with Crippen LogP contribution in [0.2, 0.25) is 0 Å². The van der Waals surface area contributed by atoms with Crippen LogP contribution in [0.3, 0.4) is 0 Å². The van der Waals surface area contributed by atoms with Crippen LogP contribution in [0.15, 0.2) is 24.3 Å². The van der Waals surface area contributed by atoms with E-state index in [0.29, 0.717) is 25.3 Å². The van der Waals surface area contributed by atoms with Gasteiger partial charge in [-0.2, -0.15) is 0 Å². The summed E-state index contributed by atoms with van der Waals surface area (Å²) < 4.78 is 38.0. The molecular weight excluding hydrogens is 373 g/mol. The maximum Gasteiger partial charge on any atom is 0.229 e. The average Bonchev–Trinajstić information content (AvgIpc) is 2.88. The zero-order chi connectivity index (χ0) is 19.8. The second-order valence-electron chi connectivity index (χ2n) is 7.27. The highest BCUT2D eigenvalue weighted by Crippen LogP contribution is 2.26. The Morgan fingerprint density at radius 3 is 2.52 bits per heavy atom. The van der Waals surface area contributed by atoms with Gasteiger partial charge in [0, 0.05) is 32.6 Å². The van der Waals surface area contributed by atoms with Crippen molar-refractivity contribution in [2.75, 3.05) is 36.0 Å². The largest absolute Gasteiger partial charge is 0.365 e. The fourth-order valence-corrected chi connectivity index (χ4v) is 5.84. The summed E-state index contributed by atoms with van der Waals surface area (Å²) in [5.41, 5.74) is 0.496. The molecule has 9 heteroatoms. The smallest absolute Gasteiger partial charge is 0.229 e. The van der Waals surface area contributed by atoms with Gasteiger partial charge in [-0.15, -0.1) is 0 Å². The zero-order valence-corrected chi connectivity index (χ0v) is 16.2. The molecular formula is C18H24FN3O4S.